The first-order valence-corrected chi connectivity index (χ1v) is 5.16. The zero-order chi connectivity index (χ0) is 13.8. The molecule has 0 bridgehead atoms. The van der Waals surface area contributed by atoms with Crippen LogP contribution in [0.25, 0.3) is 0 Å². The van der Waals surface area contributed by atoms with Crippen LogP contribution in [-0.2, 0) is 11.0 Å². The normalized spacial score (nSPS) is 13.1. The molecule has 100 valence electrons. The molecule has 0 aliphatic carbocycles. The minimum atomic E-state index is -4.47. The van der Waals surface area contributed by atoms with Crippen molar-refractivity contribution in [3.63, 3.8) is 0 Å². The molecule has 0 saturated heterocycles. The average Bonchev–Trinajstić information content (AvgIpc) is 2.28. The standard InChI is InChI=1S/C11H13F3N2O2/c1-15-9(10(17)18)6-16-8-5-3-2-4-7(8)11(12,13)14/h2-5,9,15-16H,6H2,1H3,(H,17,18). The molecule has 7 heteroatoms. The molecule has 18 heavy (non-hydrogen) atoms. The van der Waals surface area contributed by atoms with E-state index >= 15 is 0 Å². The molecule has 3 N–H and O–H groups in total. The van der Waals surface area contributed by atoms with Crippen molar-refractivity contribution in [1.29, 1.82) is 0 Å². The van der Waals surface area contributed by atoms with Crippen LogP contribution in [0.3, 0.4) is 0 Å². The third kappa shape index (κ3) is 3.63. The third-order valence-electron chi connectivity index (χ3n) is 2.38. The van der Waals surface area contributed by atoms with Gasteiger partial charge < -0.3 is 15.7 Å². The topological polar surface area (TPSA) is 61.4 Å². The maximum Gasteiger partial charge on any atom is 0.418 e. The van der Waals surface area contributed by atoms with Gasteiger partial charge in [0.05, 0.1) is 5.56 Å². The lowest BCUT2D eigenvalue weighted by Crippen LogP contribution is -2.40. The molecule has 0 radical (unpaired) electrons. The van der Waals surface area contributed by atoms with Gasteiger partial charge in [-0.3, -0.25) is 4.79 Å². The highest BCUT2D eigenvalue weighted by molar-refractivity contribution is 5.74. The summed E-state index contributed by atoms with van der Waals surface area (Å²) in [5.41, 5.74) is -0.947. The summed E-state index contributed by atoms with van der Waals surface area (Å²) in [6.07, 6.45) is -4.47. The smallest absolute Gasteiger partial charge is 0.418 e. The van der Waals surface area contributed by atoms with Gasteiger partial charge in [-0.25, -0.2) is 0 Å². The molecule has 1 aromatic carbocycles. The van der Waals surface area contributed by atoms with E-state index in [-0.39, 0.29) is 12.2 Å². The number of carboxylic acids is 1. The minimum absolute atomic E-state index is 0.133. The van der Waals surface area contributed by atoms with Crippen molar-refractivity contribution >= 4 is 11.7 Å². The Morgan fingerprint density at radius 3 is 2.50 bits per heavy atom. The van der Waals surface area contributed by atoms with Gasteiger partial charge >= 0.3 is 12.1 Å². The first kappa shape index (κ1) is 14.3. The number of aliphatic carboxylic acids is 1. The fourth-order valence-electron chi connectivity index (χ4n) is 1.41. The summed E-state index contributed by atoms with van der Waals surface area (Å²) in [7, 11) is 1.43. The SMILES string of the molecule is CNC(CNc1ccccc1C(F)(F)F)C(=O)O. The maximum absolute atomic E-state index is 12.6. The van der Waals surface area contributed by atoms with Gasteiger partial charge in [0, 0.05) is 12.2 Å². The predicted molar refractivity (Wildman–Crippen MR) is 60.4 cm³/mol. The number of halogens is 3. The van der Waals surface area contributed by atoms with Crippen LogP contribution in [0.4, 0.5) is 18.9 Å². The Bertz CT molecular complexity index is 421. The zero-order valence-electron chi connectivity index (χ0n) is 9.58. The number of nitrogens with one attached hydrogen (secondary N) is 2. The molecule has 1 unspecified atom stereocenters. The van der Waals surface area contributed by atoms with E-state index in [1.54, 1.807) is 0 Å². The van der Waals surface area contributed by atoms with Gasteiger partial charge in [-0.1, -0.05) is 12.1 Å². The number of alkyl halides is 3. The van der Waals surface area contributed by atoms with Crippen LogP contribution in [0, 0.1) is 0 Å². The summed E-state index contributed by atoms with van der Waals surface area (Å²) >= 11 is 0. The van der Waals surface area contributed by atoms with Crippen molar-refractivity contribution in [2.75, 3.05) is 18.9 Å². The fraction of sp³-hybridized carbons (Fsp3) is 0.364. The number of carbonyl (C=O) groups is 1. The van der Waals surface area contributed by atoms with Gasteiger partial charge in [-0.15, -0.1) is 0 Å². The second-order valence-corrected chi connectivity index (χ2v) is 3.60. The highest BCUT2D eigenvalue weighted by atomic mass is 19.4. The summed E-state index contributed by atoms with van der Waals surface area (Å²) in [4.78, 5) is 10.7. The molecular weight excluding hydrogens is 249 g/mol. The molecule has 0 amide bonds. The van der Waals surface area contributed by atoms with Crippen molar-refractivity contribution in [3.8, 4) is 0 Å². The van der Waals surface area contributed by atoms with Crippen LogP contribution in [0.15, 0.2) is 24.3 Å². The van der Waals surface area contributed by atoms with Gasteiger partial charge in [0.15, 0.2) is 0 Å². The Morgan fingerprint density at radius 1 is 1.39 bits per heavy atom. The van der Waals surface area contributed by atoms with Gasteiger partial charge in [0.25, 0.3) is 0 Å². The lowest BCUT2D eigenvalue weighted by atomic mass is 10.1. The second-order valence-electron chi connectivity index (χ2n) is 3.60. The largest absolute Gasteiger partial charge is 0.480 e. The second kappa shape index (κ2) is 5.72. The lowest BCUT2D eigenvalue weighted by Gasteiger charge is -2.17. The number of carboxylic acid groups (broad SMARTS) is 1. The lowest BCUT2D eigenvalue weighted by molar-refractivity contribution is -0.139. The van der Waals surface area contributed by atoms with Crippen LogP contribution >= 0.6 is 0 Å². The molecule has 0 saturated carbocycles. The van der Waals surface area contributed by atoms with E-state index in [0.29, 0.717) is 0 Å². The first-order chi connectivity index (χ1) is 8.36. The number of anilines is 1. The molecule has 0 aliphatic heterocycles. The summed E-state index contributed by atoms with van der Waals surface area (Å²) in [6.45, 7) is -0.140. The number of hydrogen-bond acceptors (Lipinski definition) is 3. The van der Waals surface area contributed by atoms with Crippen molar-refractivity contribution in [2.45, 2.75) is 12.2 Å². The Hall–Kier alpha value is -1.76. The summed E-state index contributed by atoms with van der Waals surface area (Å²) in [5, 5.41) is 13.7. The Kier molecular flexibility index (Phi) is 4.55. The van der Waals surface area contributed by atoms with Crippen molar-refractivity contribution in [1.82, 2.24) is 5.32 Å². The van der Waals surface area contributed by atoms with Gasteiger partial charge in [-0.05, 0) is 19.2 Å². The molecule has 0 aromatic heterocycles. The van der Waals surface area contributed by atoms with E-state index in [2.05, 4.69) is 10.6 Å². The fourth-order valence-corrected chi connectivity index (χ4v) is 1.41. The summed E-state index contributed by atoms with van der Waals surface area (Å²) in [6, 6.07) is 3.98. The van der Waals surface area contributed by atoms with Crippen LogP contribution in [-0.4, -0.2) is 30.7 Å². The summed E-state index contributed by atoms with van der Waals surface area (Å²) in [5.74, 6) is -1.13. The monoisotopic (exact) mass is 262 g/mol. The Balaban J connectivity index is 2.82. The third-order valence-corrected chi connectivity index (χ3v) is 2.38. The molecule has 0 heterocycles. The predicted octanol–water partition coefficient (Wildman–Crippen LogP) is 1.79. The number of hydrogen-bond donors (Lipinski definition) is 3. The Labute approximate surface area is 102 Å². The molecule has 1 rings (SSSR count). The number of benzene rings is 1. The van der Waals surface area contributed by atoms with E-state index < -0.39 is 23.8 Å². The molecule has 1 atom stereocenters. The van der Waals surface area contributed by atoms with Crippen LogP contribution < -0.4 is 10.6 Å². The van der Waals surface area contributed by atoms with Crippen molar-refractivity contribution in [2.24, 2.45) is 0 Å². The van der Waals surface area contributed by atoms with E-state index in [1.807, 2.05) is 0 Å². The van der Waals surface area contributed by atoms with E-state index in [9.17, 15) is 18.0 Å². The molecular formula is C11H13F3N2O2. The Morgan fingerprint density at radius 2 is 2.00 bits per heavy atom. The van der Waals surface area contributed by atoms with Gasteiger partial charge in [0.1, 0.15) is 6.04 Å². The number of rotatable bonds is 5. The van der Waals surface area contributed by atoms with Gasteiger partial charge in [-0.2, -0.15) is 13.2 Å². The number of para-hydroxylation sites is 1. The average molecular weight is 262 g/mol. The first-order valence-electron chi connectivity index (χ1n) is 5.16. The quantitative estimate of drug-likeness (QED) is 0.757. The highest BCUT2D eigenvalue weighted by Crippen LogP contribution is 2.34. The van der Waals surface area contributed by atoms with Crippen LogP contribution in [0.1, 0.15) is 5.56 Å². The molecule has 1 aromatic rings. The van der Waals surface area contributed by atoms with Crippen molar-refractivity contribution < 1.29 is 23.1 Å². The van der Waals surface area contributed by atoms with Crippen LogP contribution in [0.2, 0.25) is 0 Å². The maximum atomic E-state index is 12.6. The molecule has 4 nitrogen and oxygen atoms in total. The molecule has 0 spiro atoms. The molecule has 0 aliphatic rings. The van der Waals surface area contributed by atoms with Crippen LogP contribution in [0.5, 0.6) is 0 Å². The zero-order valence-corrected chi connectivity index (χ0v) is 9.58. The van der Waals surface area contributed by atoms with Crippen molar-refractivity contribution in [3.05, 3.63) is 29.8 Å². The molecule has 0 fully saturated rings. The van der Waals surface area contributed by atoms with Gasteiger partial charge in [0.2, 0.25) is 0 Å². The highest BCUT2D eigenvalue weighted by Gasteiger charge is 2.33. The minimum Gasteiger partial charge on any atom is -0.480 e. The van der Waals surface area contributed by atoms with E-state index in [1.165, 1.54) is 25.2 Å². The van der Waals surface area contributed by atoms with E-state index in [0.717, 1.165) is 6.07 Å². The number of likely N-dealkylation sites (N-methyl/N-ethyl adjacent to an activating group) is 1. The van der Waals surface area contributed by atoms with E-state index in [4.69, 9.17) is 5.11 Å². The summed E-state index contributed by atoms with van der Waals surface area (Å²) < 4.78 is 37.9.